The molecule has 1 aliphatic rings. The van der Waals surface area contributed by atoms with Gasteiger partial charge < -0.3 is 10.0 Å². The summed E-state index contributed by atoms with van der Waals surface area (Å²) in [6, 6.07) is 8.63. The number of nitrogens with zero attached hydrogens (tertiary/aromatic N) is 2. The molecular weight excluding hydrogens is 268 g/mol. The number of aromatic nitrogens is 1. The summed E-state index contributed by atoms with van der Waals surface area (Å²) < 4.78 is 0. The fraction of sp³-hybridized carbons (Fsp3) is 0.438. The number of thiazole rings is 1. The maximum atomic E-state index is 9.49. The Morgan fingerprint density at radius 1 is 1.30 bits per heavy atom. The van der Waals surface area contributed by atoms with E-state index in [1.807, 2.05) is 0 Å². The molecule has 0 atom stereocenters. The van der Waals surface area contributed by atoms with Crippen LogP contribution in [0.2, 0.25) is 0 Å². The molecule has 0 amide bonds. The Kier molecular flexibility index (Phi) is 3.76. The second kappa shape index (κ2) is 5.54. The topological polar surface area (TPSA) is 36.4 Å². The van der Waals surface area contributed by atoms with Crippen LogP contribution in [0.5, 0.6) is 0 Å². The van der Waals surface area contributed by atoms with Crippen LogP contribution >= 0.6 is 11.3 Å². The maximum absolute atomic E-state index is 9.49. The predicted molar refractivity (Wildman–Crippen MR) is 83.3 cm³/mol. The summed E-state index contributed by atoms with van der Waals surface area (Å²) in [4.78, 5) is 8.10. The van der Waals surface area contributed by atoms with Crippen LogP contribution in [0, 0.1) is 0 Å². The normalized spacial score (nSPS) is 14.7. The number of aliphatic hydroxyl groups is 1. The van der Waals surface area contributed by atoms with E-state index in [2.05, 4.69) is 43.0 Å². The Bertz CT molecular complexity index is 606. The lowest BCUT2D eigenvalue weighted by Crippen LogP contribution is -2.30. The SMILES string of the molecule is CC(C)c1nc(N2CCc3ccccc3C2)sc1CO. The Hall–Kier alpha value is -1.39. The third-order valence-corrected chi connectivity index (χ3v) is 4.92. The van der Waals surface area contributed by atoms with Gasteiger partial charge in [-0.15, -0.1) is 0 Å². The van der Waals surface area contributed by atoms with Crippen molar-refractivity contribution in [1.82, 2.24) is 4.98 Å². The Labute approximate surface area is 123 Å². The van der Waals surface area contributed by atoms with Crippen molar-refractivity contribution in [2.24, 2.45) is 0 Å². The quantitative estimate of drug-likeness (QED) is 0.941. The highest BCUT2D eigenvalue weighted by Crippen LogP contribution is 2.33. The molecule has 0 fully saturated rings. The third kappa shape index (κ3) is 2.45. The molecule has 3 nitrogen and oxygen atoms in total. The van der Waals surface area contributed by atoms with E-state index < -0.39 is 0 Å². The minimum atomic E-state index is 0.0929. The van der Waals surface area contributed by atoms with Crippen LogP contribution in [0.3, 0.4) is 0 Å². The second-order valence-corrected chi connectivity index (χ2v) is 6.62. The molecule has 0 radical (unpaired) electrons. The number of anilines is 1. The summed E-state index contributed by atoms with van der Waals surface area (Å²) >= 11 is 1.63. The highest BCUT2D eigenvalue weighted by Gasteiger charge is 2.21. The molecule has 0 aliphatic carbocycles. The maximum Gasteiger partial charge on any atom is 0.186 e. The molecule has 1 aromatic carbocycles. The number of benzene rings is 1. The molecule has 1 aliphatic heterocycles. The van der Waals surface area contributed by atoms with E-state index in [4.69, 9.17) is 4.98 Å². The lowest BCUT2D eigenvalue weighted by Gasteiger charge is -2.28. The van der Waals surface area contributed by atoms with Crippen LogP contribution in [-0.4, -0.2) is 16.6 Å². The van der Waals surface area contributed by atoms with Crippen LogP contribution in [0.25, 0.3) is 0 Å². The fourth-order valence-electron chi connectivity index (χ4n) is 2.71. The van der Waals surface area contributed by atoms with Crippen LogP contribution in [-0.2, 0) is 19.6 Å². The zero-order valence-corrected chi connectivity index (χ0v) is 12.8. The van der Waals surface area contributed by atoms with Gasteiger partial charge in [0.15, 0.2) is 5.13 Å². The largest absolute Gasteiger partial charge is 0.391 e. The van der Waals surface area contributed by atoms with E-state index in [0.29, 0.717) is 5.92 Å². The first-order valence-electron chi connectivity index (χ1n) is 7.11. The minimum absolute atomic E-state index is 0.0929. The van der Waals surface area contributed by atoms with E-state index in [1.54, 1.807) is 11.3 Å². The molecule has 0 unspecified atom stereocenters. The van der Waals surface area contributed by atoms with Crippen molar-refractivity contribution in [1.29, 1.82) is 0 Å². The number of hydrogen-bond donors (Lipinski definition) is 1. The predicted octanol–water partition coefficient (Wildman–Crippen LogP) is 3.32. The van der Waals surface area contributed by atoms with E-state index >= 15 is 0 Å². The average Bonchev–Trinajstić information content (AvgIpc) is 2.91. The van der Waals surface area contributed by atoms with Gasteiger partial charge in [0, 0.05) is 13.1 Å². The molecule has 0 saturated heterocycles. The summed E-state index contributed by atoms with van der Waals surface area (Å²) in [5, 5.41) is 10.5. The van der Waals surface area contributed by atoms with E-state index in [0.717, 1.165) is 35.2 Å². The lowest BCUT2D eigenvalue weighted by molar-refractivity contribution is 0.283. The van der Waals surface area contributed by atoms with Gasteiger partial charge in [0.2, 0.25) is 0 Å². The van der Waals surface area contributed by atoms with Crippen LogP contribution in [0.15, 0.2) is 24.3 Å². The van der Waals surface area contributed by atoms with E-state index in [1.165, 1.54) is 11.1 Å². The van der Waals surface area contributed by atoms with Crippen molar-refractivity contribution in [3.63, 3.8) is 0 Å². The summed E-state index contributed by atoms with van der Waals surface area (Å²) in [5.74, 6) is 0.360. The van der Waals surface area contributed by atoms with Gasteiger partial charge in [-0.1, -0.05) is 49.4 Å². The third-order valence-electron chi connectivity index (χ3n) is 3.81. The van der Waals surface area contributed by atoms with Crippen molar-refractivity contribution < 1.29 is 5.11 Å². The number of fused-ring (bicyclic) bond motifs is 1. The van der Waals surface area contributed by atoms with Crippen molar-refractivity contribution in [3.05, 3.63) is 46.0 Å². The summed E-state index contributed by atoms with van der Waals surface area (Å²) in [7, 11) is 0. The highest BCUT2D eigenvalue weighted by atomic mass is 32.1. The first-order valence-corrected chi connectivity index (χ1v) is 7.93. The fourth-order valence-corrected chi connectivity index (χ4v) is 3.81. The highest BCUT2D eigenvalue weighted by molar-refractivity contribution is 7.15. The first kappa shape index (κ1) is 13.6. The van der Waals surface area contributed by atoms with Gasteiger partial charge in [-0.05, 0) is 23.5 Å². The van der Waals surface area contributed by atoms with Gasteiger partial charge >= 0.3 is 0 Å². The van der Waals surface area contributed by atoms with Gasteiger partial charge in [0.1, 0.15) is 0 Å². The molecule has 2 aromatic rings. The van der Waals surface area contributed by atoms with E-state index in [-0.39, 0.29) is 6.61 Å². The molecule has 1 N–H and O–H groups in total. The molecule has 3 rings (SSSR count). The molecule has 0 saturated carbocycles. The van der Waals surface area contributed by atoms with Crippen molar-refractivity contribution in [3.8, 4) is 0 Å². The smallest absolute Gasteiger partial charge is 0.186 e. The Morgan fingerprint density at radius 3 is 2.70 bits per heavy atom. The molecular formula is C16H20N2OS. The van der Waals surface area contributed by atoms with Crippen molar-refractivity contribution in [2.75, 3.05) is 11.4 Å². The standard InChI is InChI=1S/C16H20N2OS/c1-11(2)15-14(10-19)20-16(17-15)18-8-7-12-5-3-4-6-13(12)9-18/h3-6,11,19H,7-10H2,1-2H3. The van der Waals surface area contributed by atoms with Gasteiger partial charge in [-0.2, -0.15) is 0 Å². The van der Waals surface area contributed by atoms with Gasteiger partial charge in [-0.25, -0.2) is 4.98 Å². The second-order valence-electron chi connectivity index (χ2n) is 5.56. The molecule has 0 spiro atoms. The zero-order chi connectivity index (χ0) is 14.1. The minimum Gasteiger partial charge on any atom is -0.391 e. The van der Waals surface area contributed by atoms with E-state index in [9.17, 15) is 5.11 Å². The Morgan fingerprint density at radius 2 is 2.05 bits per heavy atom. The van der Waals surface area contributed by atoms with Crippen molar-refractivity contribution >= 4 is 16.5 Å². The Balaban J connectivity index is 1.88. The van der Waals surface area contributed by atoms with Crippen molar-refractivity contribution in [2.45, 2.75) is 39.3 Å². The van der Waals surface area contributed by atoms with Gasteiger partial charge in [-0.3, -0.25) is 0 Å². The van der Waals surface area contributed by atoms with Crippen LogP contribution < -0.4 is 4.90 Å². The molecule has 4 heteroatoms. The molecule has 20 heavy (non-hydrogen) atoms. The average molecular weight is 288 g/mol. The summed E-state index contributed by atoms with van der Waals surface area (Å²) in [5.41, 5.74) is 3.89. The number of rotatable bonds is 3. The first-order chi connectivity index (χ1) is 9.69. The monoisotopic (exact) mass is 288 g/mol. The van der Waals surface area contributed by atoms with Gasteiger partial charge in [0.25, 0.3) is 0 Å². The molecule has 106 valence electrons. The molecule has 0 bridgehead atoms. The zero-order valence-electron chi connectivity index (χ0n) is 12.0. The number of hydrogen-bond acceptors (Lipinski definition) is 4. The summed E-state index contributed by atoms with van der Waals surface area (Å²) in [6.45, 7) is 6.28. The van der Waals surface area contributed by atoms with Crippen LogP contribution in [0.1, 0.15) is 41.5 Å². The number of aliphatic hydroxyl groups excluding tert-OH is 1. The molecule has 2 heterocycles. The summed E-state index contributed by atoms with van der Waals surface area (Å²) in [6.07, 6.45) is 1.07. The van der Waals surface area contributed by atoms with Gasteiger partial charge in [0.05, 0.1) is 17.2 Å². The lowest BCUT2D eigenvalue weighted by atomic mass is 10.0. The van der Waals surface area contributed by atoms with Crippen LogP contribution in [0.4, 0.5) is 5.13 Å². The molecule has 1 aromatic heterocycles.